The van der Waals surface area contributed by atoms with Crippen LogP contribution in [-0.4, -0.2) is 13.7 Å². The average molecular weight is 390 g/mol. The predicted molar refractivity (Wildman–Crippen MR) is 113 cm³/mol. The Kier molecular flexibility index (Phi) is 5.92. The lowest BCUT2D eigenvalue weighted by molar-refractivity contribution is 0.127. The van der Waals surface area contributed by atoms with Gasteiger partial charge in [-0.05, 0) is 78.8 Å². The highest BCUT2D eigenvalue weighted by Crippen LogP contribution is 2.35. The Morgan fingerprint density at radius 2 is 1.62 bits per heavy atom. The summed E-state index contributed by atoms with van der Waals surface area (Å²) in [7, 11) is 1.78. The zero-order valence-corrected chi connectivity index (χ0v) is 16.6. The Labute approximate surface area is 170 Å². The lowest BCUT2D eigenvalue weighted by atomic mass is 9.79. The van der Waals surface area contributed by atoms with Crippen molar-refractivity contribution < 1.29 is 13.5 Å². The summed E-state index contributed by atoms with van der Waals surface area (Å²) in [6.07, 6.45) is 4.85. The summed E-state index contributed by atoms with van der Waals surface area (Å²) in [5.74, 6) is 5.89. The minimum absolute atomic E-state index is 0.612. The van der Waals surface area contributed by atoms with Gasteiger partial charge in [0.15, 0.2) is 11.6 Å². The summed E-state index contributed by atoms with van der Waals surface area (Å²) in [5.41, 5.74) is 2.98. The minimum atomic E-state index is -0.851. The topological polar surface area (TPSA) is 9.23 Å². The molecule has 0 N–H and O–H groups in total. The number of rotatable bonds is 3. The number of benzene rings is 3. The van der Waals surface area contributed by atoms with Crippen molar-refractivity contribution in [2.75, 3.05) is 13.7 Å². The van der Waals surface area contributed by atoms with Gasteiger partial charge in [-0.2, -0.15) is 0 Å². The number of fused-ring (bicyclic) bond motifs is 1. The van der Waals surface area contributed by atoms with E-state index < -0.39 is 11.6 Å². The first kappa shape index (κ1) is 19.6. The molecule has 0 spiro atoms. The second kappa shape index (κ2) is 8.76. The zero-order valence-electron chi connectivity index (χ0n) is 16.6. The van der Waals surface area contributed by atoms with Crippen LogP contribution < -0.4 is 0 Å². The molecule has 1 fully saturated rings. The first-order valence-corrected chi connectivity index (χ1v) is 10.1. The summed E-state index contributed by atoms with van der Waals surface area (Å²) >= 11 is 0. The molecule has 4 rings (SSSR count). The molecular formula is C26H24F2O. The number of hydrogen-bond acceptors (Lipinski definition) is 1. The van der Waals surface area contributed by atoms with Crippen LogP contribution in [0.5, 0.6) is 0 Å². The zero-order chi connectivity index (χ0) is 20.2. The van der Waals surface area contributed by atoms with E-state index in [2.05, 4.69) is 36.1 Å². The van der Waals surface area contributed by atoms with Gasteiger partial charge in [0.05, 0.1) is 0 Å². The molecule has 0 amide bonds. The normalized spacial score (nSPS) is 19.0. The molecule has 0 atom stereocenters. The highest BCUT2D eigenvalue weighted by Gasteiger charge is 2.22. The van der Waals surface area contributed by atoms with Crippen LogP contribution in [-0.2, 0) is 4.74 Å². The standard InChI is InChI=1S/C26H24F2O/c1-29-17-19-8-12-21(13-9-19)20-10-5-18(6-11-20)7-14-22-3-2-4-23-15-25(27)26(28)16-24(22)23/h2-6,10-11,15-16,19,21H,8-9,12-13,17H2,1H3. The molecule has 1 nitrogen and oxygen atoms in total. The number of hydrogen-bond donors (Lipinski definition) is 0. The molecule has 0 radical (unpaired) electrons. The fourth-order valence-electron chi connectivity index (χ4n) is 4.26. The van der Waals surface area contributed by atoms with Crippen molar-refractivity contribution >= 4 is 10.8 Å². The molecule has 148 valence electrons. The van der Waals surface area contributed by atoms with E-state index in [9.17, 15) is 8.78 Å². The highest BCUT2D eigenvalue weighted by atomic mass is 19.2. The molecule has 0 aromatic heterocycles. The smallest absolute Gasteiger partial charge is 0.159 e. The van der Waals surface area contributed by atoms with Gasteiger partial charge in [-0.1, -0.05) is 36.1 Å². The minimum Gasteiger partial charge on any atom is -0.384 e. The van der Waals surface area contributed by atoms with Crippen molar-refractivity contribution in [1.82, 2.24) is 0 Å². The molecule has 1 saturated carbocycles. The first-order valence-electron chi connectivity index (χ1n) is 10.1. The molecule has 3 aromatic rings. The SMILES string of the molecule is COCC1CCC(c2ccc(C#Cc3cccc4cc(F)c(F)cc34)cc2)CC1. The van der Waals surface area contributed by atoms with Crippen LogP contribution in [0.2, 0.25) is 0 Å². The number of ether oxygens (including phenoxy) is 1. The van der Waals surface area contributed by atoms with Crippen molar-refractivity contribution in [3.05, 3.63) is 82.9 Å². The predicted octanol–water partition coefficient (Wildman–Crippen LogP) is 6.44. The van der Waals surface area contributed by atoms with Crippen LogP contribution in [0, 0.1) is 29.4 Å². The third kappa shape index (κ3) is 4.49. The molecule has 0 unspecified atom stereocenters. The van der Waals surface area contributed by atoms with E-state index >= 15 is 0 Å². The maximum atomic E-state index is 13.7. The lowest BCUT2D eigenvalue weighted by Crippen LogP contribution is -2.17. The molecule has 3 heteroatoms. The Morgan fingerprint density at radius 1 is 0.897 bits per heavy atom. The maximum Gasteiger partial charge on any atom is 0.159 e. The molecule has 1 aliphatic rings. The van der Waals surface area contributed by atoms with Crippen LogP contribution in [0.15, 0.2) is 54.6 Å². The van der Waals surface area contributed by atoms with Gasteiger partial charge in [-0.15, -0.1) is 0 Å². The van der Waals surface area contributed by atoms with Gasteiger partial charge in [-0.3, -0.25) is 0 Å². The van der Waals surface area contributed by atoms with Gasteiger partial charge in [0.1, 0.15) is 0 Å². The van der Waals surface area contributed by atoms with Crippen molar-refractivity contribution in [3.8, 4) is 11.8 Å². The second-order valence-electron chi connectivity index (χ2n) is 7.84. The molecule has 0 heterocycles. The third-order valence-electron chi connectivity index (χ3n) is 5.89. The van der Waals surface area contributed by atoms with Crippen LogP contribution in [0.1, 0.15) is 48.3 Å². The molecule has 3 aromatic carbocycles. The van der Waals surface area contributed by atoms with Crippen molar-refractivity contribution in [2.45, 2.75) is 31.6 Å². The van der Waals surface area contributed by atoms with E-state index in [1.54, 1.807) is 13.2 Å². The Morgan fingerprint density at radius 3 is 2.34 bits per heavy atom. The van der Waals surface area contributed by atoms with Gasteiger partial charge >= 0.3 is 0 Å². The quantitative estimate of drug-likeness (QED) is 0.468. The first-order chi connectivity index (χ1) is 14.1. The van der Waals surface area contributed by atoms with Gasteiger partial charge in [0.2, 0.25) is 0 Å². The Hall–Kier alpha value is -2.70. The van der Waals surface area contributed by atoms with E-state index in [1.165, 1.54) is 43.4 Å². The van der Waals surface area contributed by atoms with Gasteiger partial charge in [-0.25, -0.2) is 8.78 Å². The summed E-state index contributed by atoms with van der Waals surface area (Å²) in [5, 5.41) is 1.28. The Balaban J connectivity index is 1.50. The van der Waals surface area contributed by atoms with Crippen LogP contribution >= 0.6 is 0 Å². The van der Waals surface area contributed by atoms with E-state index in [1.807, 2.05) is 12.1 Å². The number of methoxy groups -OCH3 is 1. The molecule has 0 bridgehead atoms. The summed E-state index contributed by atoms with van der Waals surface area (Å²) in [6, 6.07) is 16.3. The third-order valence-corrected chi connectivity index (χ3v) is 5.89. The van der Waals surface area contributed by atoms with Crippen LogP contribution in [0.4, 0.5) is 8.78 Å². The summed E-state index contributed by atoms with van der Waals surface area (Å²) in [6.45, 7) is 0.867. The van der Waals surface area contributed by atoms with Gasteiger partial charge in [0, 0.05) is 30.2 Å². The van der Waals surface area contributed by atoms with E-state index in [0.717, 1.165) is 12.2 Å². The van der Waals surface area contributed by atoms with E-state index in [-0.39, 0.29) is 0 Å². The van der Waals surface area contributed by atoms with Crippen LogP contribution in [0.3, 0.4) is 0 Å². The Bertz CT molecular complexity index is 1050. The van der Waals surface area contributed by atoms with Crippen LogP contribution in [0.25, 0.3) is 10.8 Å². The monoisotopic (exact) mass is 390 g/mol. The van der Waals surface area contributed by atoms with Gasteiger partial charge < -0.3 is 4.74 Å². The molecule has 1 aliphatic carbocycles. The van der Waals surface area contributed by atoms with Crippen molar-refractivity contribution in [2.24, 2.45) is 5.92 Å². The van der Waals surface area contributed by atoms with E-state index in [0.29, 0.717) is 28.2 Å². The fourth-order valence-corrected chi connectivity index (χ4v) is 4.26. The maximum absolute atomic E-state index is 13.7. The van der Waals surface area contributed by atoms with Gasteiger partial charge in [0.25, 0.3) is 0 Å². The largest absolute Gasteiger partial charge is 0.384 e. The fraction of sp³-hybridized carbons (Fsp3) is 0.308. The lowest BCUT2D eigenvalue weighted by Gasteiger charge is -2.28. The summed E-state index contributed by atoms with van der Waals surface area (Å²) < 4.78 is 32.4. The van der Waals surface area contributed by atoms with Crippen molar-refractivity contribution in [1.29, 1.82) is 0 Å². The molecule has 0 saturated heterocycles. The van der Waals surface area contributed by atoms with Crippen molar-refractivity contribution in [3.63, 3.8) is 0 Å². The average Bonchev–Trinajstić information content (AvgIpc) is 2.74. The highest BCUT2D eigenvalue weighted by molar-refractivity contribution is 5.88. The van der Waals surface area contributed by atoms with E-state index in [4.69, 9.17) is 4.74 Å². The molecular weight excluding hydrogens is 366 g/mol. The number of halogens is 2. The summed E-state index contributed by atoms with van der Waals surface area (Å²) in [4.78, 5) is 0. The molecule has 29 heavy (non-hydrogen) atoms. The second-order valence-corrected chi connectivity index (χ2v) is 7.84. The molecule has 0 aliphatic heterocycles.